The van der Waals surface area contributed by atoms with Crippen molar-refractivity contribution in [1.82, 2.24) is 4.90 Å². The SMILES string of the molecule is CN(CC1CC1)C(CN)c1ccc(C(F)F)cc1. The topological polar surface area (TPSA) is 29.3 Å². The van der Waals surface area contributed by atoms with Gasteiger partial charge in [-0.1, -0.05) is 24.3 Å². The molecule has 1 unspecified atom stereocenters. The van der Waals surface area contributed by atoms with E-state index in [1.807, 2.05) is 0 Å². The van der Waals surface area contributed by atoms with Crippen LogP contribution in [0.2, 0.25) is 0 Å². The summed E-state index contributed by atoms with van der Waals surface area (Å²) in [5.74, 6) is 0.796. The molecule has 0 amide bonds. The Morgan fingerprint density at radius 3 is 2.22 bits per heavy atom. The number of rotatable bonds is 6. The first-order chi connectivity index (χ1) is 8.61. The Morgan fingerprint density at radius 2 is 1.78 bits per heavy atom. The Hall–Kier alpha value is -1.00. The van der Waals surface area contributed by atoms with Crippen molar-refractivity contribution >= 4 is 0 Å². The van der Waals surface area contributed by atoms with Crippen LogP contribution in [0.4, 0.5) is 8.78 Å². The molecule has 0 aliphatic heterocycles. The summed E-state index contributed by atoms with van der Waals surface area (Å²) >= 11 is 0. The average Bonchev–Trinajstić information content (AvgIpc) is 3.14. The minimum Gasteiger partial charge on any atom is -0.329 e. The summed E-state index contributed by atoms with van der Waals surface area (Å²) in [7, 11) is 2.05. The van der Waals surface area contributed by atoms with E-state index in [1.165, 1.54) is 25.0 Å². The summed E-state index contributed by atoms with van der Waals surface area (Å²) in [5, 5.41) is 0. The van der Waals surface area contributed by atoms with Gasteiger partial charge in [-0.3, -0.25) is 4.90 Å². The van der Waals surface area contributed by atoms with Crippen molar-refractivity contribution in [2.75, 3.05) is 20.1 Å². The molecule has 0 bridgehead atoms. The minimum atomic E-state index is -2.40. The van der Waals surface area contributed by atoms with Gasteiger partial charge in [0, 0.05) is 24.7 Å². The summed E-state index contributed by atoms with van der Waals surface area (Å²) in [5.41, 5.74) is 6.90. The van der Waals surface area contributed by atoms with Gasteiger partial charge in [0.15, 0.2) is 0 Å². The van der Waals surface area contributed by atoms with Gasteiger partial charge in [-0.15, -0.1) is 0 Å². The maximum Gasteiger partial charge on any atom is 0.263 e. The maximum atomic E-state index is 12.5. The third-order valence-electron chi connectivity index (χ3n) is 3.57. The molecule has 1 aliphatic rings. The zero-order valence-corrected chi connectivity index (χ0v) is 10.7. The van der Waals surface area contributed by atoms with E-state index in [1.54, 1.807) is 12.1 Å². The van der Waals surface area contributed by atoms with Crippen LogP contribution in [0.15, 0.2) is 24.3 Å². The Labute approximate surface area is 107 Å². The lowest BCUT2D eigenvalue weighted by atomic mass is 10.0. The van der Waals surface area contributed by atoms with Crippen LogP contribution in [-0.4, -0.2) is 25.0 Å². The van der Waals surface area contributed by atoms with E-state index < -0.39 is 6.43 Å². The molecule has 0 spiro atoms. The summed E-state index contributed by atoms with van der Waals surface area (Å²) in [4.78, 5) is 2.23. The summed E-state index contributed by atoms with van der Waals surface area (Å²) < 4.78 is 25.0. The van der Waals surface area contributed by atoms with Gasteiger partial charge in [-0.05, 0) is 31.4 Å². The van der Waals surface area contributed by atoms with Gasteiger partial charge >= 0.3 is 0 Å². The smallest absolute Gasteiger partial charge is 0.263 e. The molecule has 1 atom stereocenters. The number of halogens is 2. The minimum absolute atomic E-state index is 0.0689. The predicted molar refractivity (Wildman–Crippen MR) is 68.5 cm³/mol. The zero-order valence-electron chi connectivity index (χ0n) is 10.7. The van der Waals surface area contributed by atoms with Crippen molar-refractivity contribution in [3.8, 4) is 0 Å². The highest BCUT2D eigenvalue weighted by Gasteiger charge is 2.26. The second kappa shape index (κ2) is 5.76. The van der Waals surface area contributed by atoms with E-state index in [4.69, 9.17) is 5.73 Å². The molecule has 0 radical (unpaired) electrons. The fourth-order valence-electron chi connectivity index (χ4n) is 2.27. The van der Waals surface area contributed by atoms with Crippen LogP contribution in [0.25, 0.3) is 0 Å². The molecule has 2 nitrogen and oxygen atoms in total. The van der Waals surface area contributed by atoms with E-state index in [-0.39, 0.29) is 11.6 Å². The van der Waals surface area contributed by atoms with Crippen molar-refractivity contribution in [2.45, 2.75) is 25.3 Å². The quantitative estimate of drug-likeness (QED) is 0.845. The van der Waals surface area contributed by atoms with Crippen LogP contribution in [0.3, 0.4) is 0 Å². The molecule has 1 aromatic rings. The lowest BCUT2D eigenvalue weighted by Gasteiger charge is -2.27. The third-order valence-corrected chi connectivity index (χ3v) is 3.57. The molecule has 2 N–H and O–H groups in total. The second-order valence-corrected chi connectivity index (χ2v) is 5.10. The first kappa shape index (κ1) is 13.4. The van der Waals surface area contributed by atoms with Crippen LogP contribution in [0.5, 0.6) is 0 Å². The number of alkyl halides is 2. The Balaban J connectivity index is 2.05. The number of hydrogen-bond donors (Lipinski definition) is 1. The number of benzene rings is 1. The van der Waals surface area contributed by atoms with E-state index >= 15 is 0 Å². The summed E-state index contributed by atoms with van der Waals surface area (Å²) in [6.07, 6.45) is 0.192. The molecule has 100 valence electrons. The largest absolute Gasteiger partial charge is 0.329 e. The highest BCUT2D eigenvalue weighted by Crippen LogP contribution is 2.32. The van der Waals surface area contributed by atoms with E-state index in [0.29, 0.717) is 6.54 Å². The van der Waals surface area contributed by atoms with Gasteiger partial charge in [0.25, 0.3) is 6.43 Å². The van der Waals surface area contributed by atoms with Crippen molar-refractivity contribution < 1.29 is 8.78 Å². The highest BCUT2D eigenvalue weighted by atomic mass is 19.3. The maximum absolute atomic E-state index is 12.5. The molecule has 2 rings (SSSR count). The summed E-state index contributed by atoms with van der Waals surface area (Å²) in [6.45, 7) is 1.55. The molecule has 1 aromatic carbocycles. The van der Waals surface area contributed by atoms with Crippen LogP contribution in [0, 0.1) is 5.92 Å². The van der Waals surface area contributed by atoms with E-state index in [9.17, 15) is 8.78 Å². The zero-order chi connectivity index (χ0) is 13.1. The molecule has 1 saturated carbocycles. The number of nitrogens with zero attached hydrogens (tertiary/aromatic N) is 1. The van der Waals surface area contributed by atoms with Crippen molar-refractivity contribution in [1.29, 1.82) is 0 Å². The second-order valence-electron chi connectivity index (χ2n) is 5.10. The monoisotopic (exact) mass is 254 g/mol. The molecule has 4 heteroatoms. The molecular formula is C14H20F2N2. The third kappa shape index (κ3) is 3.27. The van der Waals surface area contributed by atoms with Crippen LogP contribution < -0.4 is 5.73 Å². The lowest BCUT2D eigenvalue weighted by Crippen LogP contribution is -2.32. The molecule has 1 fully saturated rings. The van der Waals surface area contributed by atoms with Crippen molar-refractivity contribution in [3.05, 3.63) is 35.4 Å². The fourth-order valence-corrected chi connectivity index (χ4v) is 2.27. The van der Waals surface area contributed by atoms with Gasteiger partial charge in [-0.2, -0.15) is 0 Å². The van der Waals surface area contributed by atoms with Gasteiger partial charge < -0.3 is 5.73 Å². The Kier molecular flexibility index (Phi) is 4.30. The molecule has 0 aromatic heterocycles. The Morgan fingerprint density at radius 1 is 1.22 bits per heavy atom. The van der Waals surface area contributed by atoms with Crippen molar-refractivity contribution in [2.24, 2.45) is 11.7 Å². The van der Waals surface area contributed by atoms with Gasteiger partial charge in [0.1, 0.15) is 0 Å². The fraction of sp³-hybridized carbons (Fsp3) is 0.571. The average molecular weight is 254 g/mol. The number of nitrogens with two attached hydrogens (primary N) is 1. The lowest BCUT2D eigenvalue weighted by molar-refractivity contribution is 0.151. The number of likely N-dealkylation sites (N-methyl/N-ethyl adjacent to an activating group) is 1. The molecular weight excluding hydrogens is 234 g/mol. The van der Waals surface area contributed by atoms with E-state index in [2.05, 4.69) is 11.9 Å². The molecule has 1 aliphatic carbocycles. The van der Waals surface area contributed by atoms with Gasteiger partial charge in [0.2, 0.25) is 0 Å². The van der Waals surface area contributed by atoms with Gasteiger partial charge in [0.05, 0.1) is 0 Å². The highest BCUT2D eigenvalue weighted by molar-refractivity contribution is 5.26. The van der Waals surface area contributed by atoms with Gasteiger partial charge in [-0.25, -0.2) is 8.78 Å². The molecule has 0 saturated heterocycles. The van der Waals surface area contributed by atoms with E-state index in [0.717, 1.165) is 18.0 Å². The molecule has 0 heterocycles. The first-order valence-electron chi connectivity index (χ1n) is 6.40. The normalized spacial score (nSPS) is 17.4. The van der Waals surface area contributed by atoms with Crippen LogP contribution >= 0.6 is 0 Å². The van der Waals surface area contributed by atoms with Crippen molar-refractivity contribution in [3.63, 3.8) is 0 Å². The van der Waals surface area contributed by atoms with Crippen LogP contribution in [0.1, 0.15) is 36.4 Å². The Bertz CT molecular complexity index is 374. The predicted octanol–water partition coefficient (Wildman–Crippen LogP) is 2.97. The standard InChI is InChI=1S/C14H20F2N2/c1-18(9-10-2-3-10)13(8-17)11-4-6-12(7-5-11)14(15)16/h4-7,10,13-14H,2-3,8-9,17H2,1H3. The van der Waals surface area contributed by atoms with Crippen LogP contribution in [-0.2, 0) is 0 Å². The first-order valence-corrected chi connectivity index (χ1v) is 6.40. The number of hydrogen-bond acceptors (Lipinski definition) is 2. The summed E-state index contributed by atoms with van der Waals surface area (Å²) in [6, 6.07) is 6.64. The molecule has 18 heavy (non-hydrogen) atoms.